The summed E-state index contributed by atoms with van der Waals surface area (Å²) >= 11 is 6.35. The topological polar surface area (TPSA) is 77.4 Å². The summed E-state index contributed by atoms with van der Waals surface area (Å²) in [5, 5.41) is 3.38. The lowest BCUT2D eigenvalue weighted by atomic mass is 9.94. The Hall–Kier alpha value is -2.96. The fraction of sp³-hybridized carbons (Fsp3) is 0.150. The van der Waals surface area contributed by atoms with E-state index in [1.165, 1.54) is 0 Å². The first-order chi connectivity index (χ1) is 13.1. The highest BCUT2D eigenvalue weighted by atomic mass is 35.5. The van der Waals surface area contributed by atoms with Crippen molar-refractivity contribution in [2.45, 2.75) is 6.54 Å². The van der Waals surface area contributed by atoms with Gasteiger partial charge in [0.25, 0.3) is 11.8 Å². The van der Waals surface area contributed by atoms with E-state index in [-0.39, 0.29) is 12.6 Å². The predicted molar refractivity (Wildman–Crippen MR) is 104 cm³/mol. The zero-order valence-corrected chi connectivity index (χ0v) is 15.2. The van der Waals surface area contributed by atoms with E-state index in [0.717, 1.165) is 6.29 Å². The molecule has 0 aliphatic carbocycles. The number of imide groups is 1. The normalized spacial score (nSPS) is 13.1. The molecule has 6 nitrogen and oxygen atoms in total. The van der Waals surface area contributed by atoms with E-state index in [4.69, 9.17) is 16.3 Å². The fourth-order valence-electron chi connectivity index (χ4n) is 3.54. The van der Waals surface area contributed by atoms with Gasteiger partial charge in [-0.2, -0.15) is 0 Å². The number of halogens is 1. The number of methoxy groups -OCH3 is 1. The summed E-state index contributed by atoms with van der Waals surface area (Å²) in [6.07, 6.45) is 0.728. The minimum atomic E-state index is -0.477. The molecule has 4 rings (SSSR count). The number of amides is 2. The van der Waals surface area contributed by atoms with Gasteiger partial charge in [-0.05, 0) is 23.8 Å². The second-order valence-electron chi connectivity index (χ2n) is 6.20. The minimum absolute atomic E-state index is 0. The van der Waals surface area contributed by atoms with E-state index in [2.05, 4.69) is 5.32 Å². The molecule has 27 heavy (non-hydrogen) atoms. The summed E-state index contributed by atoms with van der Waals surface area (Å²) in [4.78, 5) is 36.5. The molecular weight excluding hydrogens is 368 g/mol. The molecule has 2 amide bonds. The smallest absolute Gasteiger partial charge is 0.259 e. The first kappa shape index (κ1) is 17.5. The summed E-state index contributed by atoms with van der Waals surface area (Å²) in [6.45, 7) is 0.832. The van der Waals surface area contributed by atoms with Crippen molar-refractivity contribution in [1.82, 2.24) is 9.88 Å². The van der Waals surface area contributed by atoms with Gasteiger partial charge in [0.15, 0.2) is 6.29 Å². The van der Waals surface area contributed by atoms with Crippen LogP contribution in [-0.2, 0) is 11.3 Å². The molecule has 3 aromatic rings. The van der Waals surface area contributed by atoms with Crippen LogP contribution in [0.2, 0.25) is 5.02 Å². The highest BCUT2D eigenvalue weighted by Crippen LogP contribution is 2.39. The number of benzene rings is 2. The maximum atomic E-state index is 12.5. The third-order valence-electron chi connectivity index (χ3n) is 4.73. The van der Waals surface area contributed by atoms with Gasteiger partial charge in [0.05, 0.1) is 28.9 Å². The molecule has 1 aromatic heterocycles. The standard InChI is InChI=1S/C20H15ClN2O4.H2/c1-27-7-6-23-11(10-24)8-14-16(23)9-13(12-4-2-3-5-15(12)21)17-18(14)20(26)22-19(17)25;/h2-5,8-10H,6-7H2,1H3,(H,22,25,26);1H. The number of nitrogens with one attached hydrogen (secondary N) is 1. The van der Waals surface area contributed by atoms with Crippen molar-refractivity contribution in [3.8, 4) is 11.1 Å². The maximum absolute atomic E-state index is 12.5. The lowest BCUT2D eigenvalue weighted by Gasteiger charge is -2.12. The van der Waals surface area contributed by atoms with Gasteiger partial charge in [-0.15, -0.1) is 0 Å². The van der Waals surface area contributed by atoms with Crippen LogP contribution in [-0.4, -0.2) is 36.4 Å². The van der Waals surface area contributed by atoms with Gasteiger partial charge in [-0.25, -0.2) is 0 Å². The van der Waals surface area contributed by atoms with Gasteiger partial charge in [0, 0.05) is 31.1 Å². The van der Waals surface area contributed by atoms with Crippen LogP contribution in [0, 0.1) is 0 Å². The van der Waals surface area contributed by atoms with Crippen LogP contribution in [0.1, 0.15) is 32.6 Å². The van der Waals surface area contributed by atoms with Crippen molar-refractivity contribution in [3.05, 3.63) is 58.2 Å². The Balaban J connectivity index is 0.00000225. The Kier molecular flexibility index (Phi) is 4.30. The largest absolute Gasteiger partial charge is 0.383 e. The Morgan fingerprint density at radius 2 is 1.89 bits per heavy atom. The van der Waals surface area contributed by atoms with Crippen molar-refractivity contribution in [3.63, 3.8) is 0 Å². The number of hydrogen-bond acceptors (Lipinski definition) is 4. The molecule has 2 heterocycles. The van der Waals surface area contributed by atoms with Crippen LogP contribution >= 0.6 is 11.6 Å². The molecule has 138 valence electrons. The van der Waals surface area contributed by atoms with E-state index in [9.17, 15) is 14.4 Å². The number of carbonyl (C=O) groups is 3. The lowest BCUT2D eigenvalue weighted by Crippen LogP contribution is -2.20. The number of nitrogens with zero attached hydrogens (tertiary/aromatic N) is 1. The first-order valence-corrected chi connectivity index (χ1v) is 8.69. The molecular formula is C20H17ClN2O4. The highest BCUT2D eigenvalue weighted by Gasteiger charge is 2.34. The number of hydrogen-bond donors (Lipinski definition) is 1. The summed E-state index contributed by atoms with van der Waals surface area (Å²) in [6, 6.07) is 10.6. The Morgan fingerprint density at radius 1 is 1.15 bits per heavy atom. The Labute approximate surface area is 161 Å². The number of rotatable bonds is 5. The average molecular weight is 385 g/mol. The molecule has 0 bridgehead atoms. The van der Waals surface area contributed by atoms with Crippen molar-refractivity contribution in [2.24, 2.45) is 0 Å². The van der Waals surface area contributed by atoms with Crippen LogP contribution in [0.5, 0.6) is 0 Å². The zero-order chi connectivity index (χ0) is 19.1. The summed E-state index contributed by atoms with van der Waals surface area (Å²) in [5.41, 5.74) is 2.84. The van der Waals surface area contributed by atoms with Crippen LogP contribution in [0.3, 0.4) is 0 Å². The van der Waals surface area contributed by atoms with Gasteiger partial charge in [-0.3, -0.25) is 19.7 Å². The molecule has 1 aliphatic heterocycles. The van der Waals surface area contributed by atoms with Crippen LogP contribution in [0.25, 0.3) is 22.0 Å². The number of fused-ring (bicyclic) bond motifs is 3. The summed E-state index contributed by atoms with van der Waals surface area (Å²) in [7, 11) is 1.57. The number of aromatic nitrogens is 1. The Morgan fingerprint density at radius 3 is 2.59 bits per heavy atom. The Bertz CT molecular complexity index is 1120. The number of ether oxygens (including phenoxy) is 1. The molecule has 0 unspecified atom stereocenters. The van der Waals surface area contributed by atoms with E-state index in [0.29, 0.717) is 45.9 Å². The van der Waals surface area contributed by atoms with Crippen LogP contribution in [0.4, 0.5) is 0 Å². The molecule has 2 aromatic carbocycles. The maximum Gasteiger partial charge on any atom is 0.259 e. The average Bonchev–Trinajstić information content (AvgIpc) is 3.16. The van der Waals surface area contributed by atoms with E-state index < -0.39 is 11.8 Å². The molecule has 0 saturated carbocycles. The third-order valence-corrected chi connectivity index (χ3v) is 5.05. The molecule has 0 saturated heterocycles. The zero-order valence-electron chi connectivity index (χ0n) is 14.4. The van der Waals surface area contributed by atoms with Crippen LogP contribution < -0.4 is 5.32 Å². The molecule has 0 radical (unpaired) electrons. The molecule has 0 fully saturated rings. The molecule has 0 atom stereocenters. The van der Waals surface area contributed by atoms with E-state index >= 15 is 0 Å². The molecule has 1 aliphatic rings. The molecule has 7 heteroatoms. The van der Waals surface area contributed by atoms with Crippen molar-refractivity contribution in [2.75, 3.05) is 13.7 Å². The lowest BCUT2D eigenvalue weighted by molar-refractivity contribution is 0.0880. The van der Waals surface area contributed by atoms with Crippen molar-refractivity contribution >= 4 is 40.6 Å². The second kappa shape index (κ2) is 6.64. The van der Waals surface area contributed by atoms with Gasteiger partial charge < -0.3 is 9.30 Å². The van der Waals surface area contributed by atoms with E-state index in [1.54, 1.807) is 42.0 Å². The van der Waals surface area contributed by atoms with Crippen molar-refractivity contribution in [1.29, 1.82) is 0 Å². The van der Waals surface area contributed by atoms with Gasteiger partial charge >= 0.3 is 0 Å². The monoisotopic (exact) mass is 384 g/mol. The van der Waals surface area contributed by atoms with Crippen molar-refractivity contribution < 1.29 is 20.5 Å². The second-order valence-corrected chi connectivity index (χ2v) is 6.61. The fourth-order valence-corrected chi connectivity index (χ4v) is 3.78. The van der Waals surface area contributed by atoms with Gasteiger partial charge in [0.1, 0.15) is 0 Å². The summed E-state index contributed by atoms with van der Waals surface area (Å²) in [5.74, 6) is -0.945. The summed E-state index contributed by atoms with van der Waals surface area (Å²) < 4.78 is 6.92. The first-order valence-electron chi connectivity index (χ1n) is 8.31. The molecule has 1 N–H and O–H groups in total. The predicted octanol–water partition coefficient (Wildman–Crippen LogP) is 3.55. The van der Waals surface area contributed by atoms with E-state index in [1.807, 2.05) is 6.07 Å². The van der Waals surface area contributed by atoms with Crippen LogP contribution in [0.15, 0.2) is 36.4 Å². The van der Waals surface area contributed by atoms with Gasteiger partial charge in [-0.1, -0.05) is 29.8 Å². The SMILES string of the molecule is COCCn1c(C=O)cc2c3c(c(-c4ccccc4Cl)cc21)C(=O)NC3=O.[HH]. The van der Waals surface area contributed by atoms with Gasteiger partial charge in [0.2, 0.25) is 0 Å². The number of aldehydes is 1. The molecule has 0 spiro atoms. The number of carbonyl (C=O) groups excluding carboxylic acids is 3. The minimum Gasteiger partial charge on any atom is -0.383 e. The quantitative estimate of drug-likeness (QED) is 0.539. The highest BCUT2D eigenvalue weighted by molar-refractivity contribution is 6.35. The third kappa shape index (κ3) is 2.65.